The van der Waals surface area contributed by atoms with Crippen molar-refractivity contribution in [2.45, 2.75) is 25.4 Å². The molecule has 25 heavy (non-hydrogen) atoms. The third kappa shape index (κ3) is 5.15. The third-order valence-corrected chi connectivity index (χ3v) is 4.88. The van der Waals surface area contributed by atoms with Crippen LogP contribution in [0.3, 0.4) is 0 Å². The number of hydrogen-bond acceptors (Lipinski definition) is 3. The van der Waals surface area contributed by atoms with Crippen LogP contribution in [0.4, 0.5) is 0 Å². The maximum atomic E-state index is 11.8. The fourth-order valence-electron chi connectivity index (χ4n) is 3.62. The third-order valence-electron chi connectivity index (χ3n) is 4.88. The first-order valence-corrected chi connectivity index (χ1v) is 9.06. The van der Waals surface area contributed by atoms with Crippen molar-refractivity contribution in [3.8, 4) is 0 Å². The summed E-state index contributed by atoms with van der Waals surface area (Å²) in [6.07, 6.45) is 2.39. The van der Waals surface area contributed by atoms with Gasteiger partial charge in [0, 0.05) is 19.6 Å². The predicted octanol–water partition coefficient (Wildman–Crippen LogP) is 2.71. The molecule has 0 radical (unpaired) electrons. The minimum atomic E-state index is -0.411. The molecule has 3 rings (SSSR count). The Bertz CT molecular complexity index is 659. The van der Waals surface area contributed by atoms with Gasteiger partial charge < -0.3 is 11.1 Å². The summed E-state index contributed by atoms with van der Waals surface area (Å²) in [5, 5.41) is 3.39. The first-order chi connectivity index (χ1) is 12.2. The van der Waals surface area contributed by atoms with Crippen LogP contribution in [0.2, 0.25) is 0 Å². The van der Waals surface area contributed by atoms with Crippen molar-refractivity contribution in [1.82, 2.24) is 10.2 Å². The number of nitrogens with two attached hydrogens (primary N) is 1. The Hall–Kier alpha value is -2.17. The number of carbonyl (C=O) groups excluding carboxylic acids is 1. The number of hydrogen-bond donors (Lipinski definition) is 2. The molecule has 4 heteroatoms. The van der Waals surface area contributed by atoms with E-state index in [1.807, 2.05) is 30.3 Å². The van der Waals surface area contributed by atoms with E-state index in [0.717, 1.165) is 31.7 Å². The van der Waals surface area contributed by atoms with E-state index in [4.69, 9.17) is 5.73 Å². The van der Waals surface area contributed by atoms with Gasteiger partial charge in [0.15, 0.2) is 0 Å². The standard InChI is InChI=1S/C21H27N3O/c22-21(25)20(19-11-5-2-6-12-19)23-14-18-10-7-13-24(16-18)15-17-8-3-1-4-9-17/h1-6,8-9,11-12,18,20,23H,7,10,13-16H2,(H2,22,25)/t18-,20+/m0/s1. The van der Waals surface area contributed by atoms with Crippen LogP contribution in [-0.2, 0) is 11.3 Å². The fourth-order valence-corrected chi connectivity index (χ4v) is 3.62. The zero-order valence-corrected chi connectivity index (χ0v) is 14.6. The highest BCUT2D eigenvalue weighted by Gasteiger charge is 2.23. The van der Waals surface area contributed by atoms with Crippen molar-refractivity contribution in [2.75, 3.05) is 19.6 Å². The Balaban J connectivity index is 1.54. The van der Waals surface area contributed by atoms with Crippen LogP contribution in [0.5, 0.6) is 0 Å². The van der Waals surface area contributed by atoms with Gasteiger partial charge in [0.1, 0.15) is 6.04 Å². The monoisotopic (exact) mass is 337 g/mol. The second kappa shape index (κ2) is 8.79. The zero-order chi connectivity index (χ0) is 17.5. The summed E-state index contributed by atoms with van der Waals surface area (Å²) in [5.74, 6) is 0.228. The molecule has 132 valence electrons. The average molecular weight is 337 g/mol. The van der Waals surface area contributed by atoms with E-state index in [1.165, 1.54) is 18.4 Å². The van der Waals surface area contributed by atoms with Crippen LogP contribution in [-0.4, -0.2) is 30.4 Å². The molecule has 1 aliphatic rings. The topological polar surface area (TPSA) is 58.4 Å². The number of carbonyl (C=O) groups is 1. The van der Waals surface area contributed by atoms with Gasteiger partial charge in [0.2, 0.25) is 5.91 Å². The maximum Gasteiger partial charge on any atom is 0.239 e. The highest BCUT2D eigenvalue weighted by Crippen LogP contribution is 2.20. The summed E-state index contributed by atoms with van der Waals surface area (Å²) in [4.78, 5) is 14.3. The van der Waals surface area contributed by atoms with Gasteiger partial charge in [-0.2, -0.15) is 0 Å². The molecule has 1 aliphatic heterocycles. The Morgan fingerprint density at radius 1 is 1.12 bits per heavy atom. The molecule has 0 saturated carbocycles. The highest BCUT2D eigenvalue weighted by atomic mass is 16.1. The Morgan fingerprint density at radius 3 is 2.48 bits per heavy atom. The molecule has 0 aliphatic carbocycles. The number of rotatable bonds is 7. The molecule has 0 unspecified atom stereocenters. The Labute approximate surface area is 150 Å². The summed E-state index contributed by atoms with van der Waals surface area (Å²) < 4.78 is 0. The van der Waals surface area contributed by atoms with E-state index >= 15 is 0 Å². The van der Waals surface area contributed by atoms with Crippen LogP contribution in [0, 0.1) is 5.92 Å². The second-order valence-corrected chi connectivity index (χ2v) is 6.88. The van der Waals surface area contributed by atoms with Gasteiger partial charge in [0.25, 0.3) is 0 Å². The van der Waals surface area contributed by atoms with Crippen LogP contribution in [0.25, 0.3) is 0 Å². The molecular formula is C21H27N3O. The fraction of sp³-hybridized carbons (Fsp3) is 0.381. The molecule has 1 amide bonds. The van der Waals surface area contributed by atoms with Crippen molar-refractivity contribution in [1.29, 1.82) is 0 Å². The molecular weight excluding hydrogens is 310 g/mol. The quantitative estimate of drug-likeness (QED) is 0.817. The van der Waals surface area contributed by atoms with E-state index < -0.39 is 6.04 Å². The molecule has 2 aromatic rings. The van der Waals surface area contributed by atoms with Crippen LogP contribution >= 0.6 is 0 Å². The molecule has 1 fully saturated rings. The van der Waals surface area contributed by atoms with Crippen LogP contribution < -0.4 is 11.1 Å². The van der Waals surface area contributed by atoms with E-state index in [9.17, 15) is 4.79 Å². The van der Waals surface area contributed by atoms with Gasteiger partial charge in [-0.3, -0.25) is 9.69 Å². The molecule has 2 atom stereocenters. The summed E-state index contributed by atoms with van der Waals surface area (Å²) in [6.45, 7) is 4.01. The summed E-state index contributed by atoms with van der Waals surface area (Å²) in [5.41, 5.74) is 7.90. The lowest BCUT2D eigenvalue weighted by Gasteiger charge is -2.33. The number of amides is 1. The summed E-state index contributed by atoms with van der Waals surface area (Å²) in [7, 11) is 0. The minimum Gasteiger partial charge on any atom is -0.368 e. The van der Waals surface area contributed by atoms with E-state index in [-0.39, 0.29) is 5.91 Å². The Morgan fingerprint density at radius 2 is 1.80 bits per heavy atom. The molecule has 3 N–H and O–H groups in total. The number of benzene rings is 2. The molecule has 0 aromatic heterocycles. The van der Waals surface area contributed by atoms with Gasteiger partial charge in [-0.05, 0) is 36.4 Å². The largest absolute Gasteiger partial charge is 0.368 e. The molecule has 0 spiro atoms. The smallest absolute Gasteiger partial charge is 0.239 e. The average Bonchev–Trinajstić information content (AvgIpc) is 2.64. The van der Waals surface area contributed by atoms with Gasteiger partial charge in [-0.25, -0.2) is 0 Å². The van der Waals surface area contributed by atoms with Gasteiger partial charge in [0.05, 0.1) is 0 Å². The SMILES string of the molecule is NC(=O)[C@H](NC[C@@H]1CCCN(Cc2ccccc2)C1)c1ccccc1. The number of nitrogens with zero attached hydrogens (tertiary/aromatic N) is 1. The highest BCUT2D eigenvalue weighted by molar-refractivity contribution is 5.81. The first kappa shape index (κ1) is 17.6. The molecule has 4 nitrogen and oxygen atoms in total. The van der Waals surface area contributed by atoms with Crippen LogP contribution in [0.15, 0.2) is 60.7 Å². The minimum absolute atomic E-state index is 0.317. The van der Waals surface area contributed by atoms with E-state index in [0.29, 0.717) is 5.92 Å². The van der Waals surface area contributed by atoms with Crippen molar-refractivity contribution in [3.63, 3.8) is 0 Å². The van der Waals surface area contributed by atoms with Crippen molar-refractivity contribution in [3.05, 3.63) is 71.8 Å². The van der Waals surface area contributed by atoms with Gasteiger partial charge in [-0.1, -0.05) is 60.7 Å². The van der Waals surface area contributed by atoms with E-state index in [1.54, 1.807) is 0 Å². The van der Waals surface area contributed by atoms with Crippen molar-refractivity contribution < 1.29 is 4.79 Å². The van der Waals surface area contributed by atoms with Gasteiger partial charge >= 0.3 is 0 Å². The van der Waals surface area contributed by atoms with Gasteiger partial charge in [-0.15, -0.1) is 0 Å². The second-order valence-electron chi connectivity index (χ2n) is 6.88. The number of primary amides is 1. The van der Waals surface area contributed by atoms with Crippen molar-refractivity contribution in [2.24, 2.45) is 11.7 Å². The molecule has 1 heterocycles. The number of nitrogens with one attached hydrogen (secondary N) is 1. The molecule has 1 saturated heterocycles. The zero-order valence-electron chi connectivity index (χ0n) is 14.6. The van der Waals surface area contributed by atoms with Crippen LogP contribution in [0.1, 0.15) is 30.0 Å². The van der Waals surface area contributed by atoms with E-state index in [2.05, 4.69) is 40.5 Å². The maximum absolute atomic E-state index is 11.8. The lowest BCUT2D eigenvalue weighted by Crippen LogP contribution is -2.42. The predicted molar refractivity (Wildman–Crippen MR) is 101 cm³/mol. The summed E-state index contributed by atoms with van der Waals surface area (Å²) in [6, 6.07) is 19.9. The Kier molecular flexibility index (Phi) is 6.20. The molecule has 0 bridgehead atoms. The lowest BCUT2D eigenvalue weighted by molar-refractivity contribution is -0.120. The number of piperidine rings is 1. The lowest BCUT2D eigenvalue weighted by atomic mass is 9.96. The number of likely N-dealkylation sites (tertiary alicyclic amines) is 1. The van der Waals surface area contributed by atoms with Crippen molar-refractivity contribution >= 4 is 5.91 Å². The molecule has 2 aromatic carbocycles. The first-order valence-electron chi connectivity index (χ1n) is 9.06. The summed E-state index contributed by atoms with van der Waals surface area (Å²) >= 11 is 0. The normalized spacial score (nSPS) is 19.4.